The zero-order valence-corrected chi connectivity index (χ0v) is 15.6. The maximum absolute atomic E-state index is 12.1. The molecule has 0 amide bonds. The van der Waals surface area contributed by atoms with Gasteiger partial charge in [-0.1, -0.05) is 42.1 Å². The Hall–Kier alpha value is -2.67. The van der Waals surface area contributed by atoms with E-state index in [1.54, 1.807) is 17.6 Å². The molecular weight excluding hydrogens is 350 g/mol. The average molecular weight is 369 g/mol. The number of ketones is 1. The molecule has 0 bridgehead atoms. The largest absolute Gasteiger partial charge is 0.465 e. The molecule has 26 heavy (non-hydrogen) atoms. The van der Waals surface area contributed by atoms with E-state index in [-0.39, 0.29) is 12.4 Å². The quantitative estimate of drug-likeness (QED) is 0.287. The number of fused-ring (bicyclic) bond motifs is 1. The highest BCUT2D eigenvalue weighted by atomic mass is 32.2. The van der Waals surface area contributed by atoms with Gasteiger partial charge in [0.2, 0.25) is 0 Å². The van der Waals surface area contributed by atoms with Crippen LogP contribution in [0.5, 0.6) is 0 Å². The topological polar surface area (TPSA) is 73.6 Å². The van der Waals surface area contributed by atoms with Gasteiger partial charge in [0, 0.05) is 11.3 Å². The Bertz CT molecular complexity index is 953. The van der Waals surface area contributed by atoms with Crippen molar-refractivity contribution in [3.8, 4) is 11.1 Å². The minimum Gasteiger partial charge on any atom is -0.465 e. The van der Waals surface area contributed by atoms with Crippen LogP contribution in [0.4, 0.5) is 0 Å². The number of hydrogen-bond acceptors (Lipinski definition) is 6. The molecule has 0 radical (unpaired) electrons. The van der Waals surface area contributed by atoms with Crippen molar-refractivity contribution in [3.05, 3.63) is 48.3 Å². The summed E-state index contributed by atoms with van der Waals surface area (Å²) >= 11 is 1.13. The number of carbonyl (C=O) groups is 2. The van der Waals surface area contributed by atoms with E-state index in [0.717, 1.165) is 28.6 Å². The fourth-order valence-corrected chi connectivity index (χ4v) is 3.63. The van der Waals surface area contributed by atoms with Crippen molar-refractivity contribution in [1.82, 2.24) is 14.6 Å². The minimum absolute atomic E-state index is 0.230. The second-order valence-electron chi connectivity index (χ2n) is 5.76. The fraction of sp³-hybridized carbons (Fsp3) is 0.263. The van der Waals surface area contributed by atoms with Crippen LogP contribution in [0.15, 0.2) is 47.6 Å². The Morgan fingerprint density at radius 3 is 2.65 bits per heavy atom. The van der Waals surface area contributed by atoms with Gasteiger partial charge in [0.05, 0.1) is 12.8 Å². The Kier molecular flexibility index (Phi) is 5.37. The van der Waals surface area contributed by atoms with E-state index in [0.29, 0.717) is 10.7 Å². The van der Waals surface area contributed by atoms with Crippen LogP contribution < -0.4 is 0 Å². The first-order chi connectivity index (χ1) is 12.5. The van der Waals surface area contributed by atoms with Crippen molar-refractivity contribution in [1.29, 1.82) is 0 Å². The van der Waals surface area contributed by atoms with Crippen molar-refractivity contribution in [2.45, 2.75) is 31.0 Å². The molecule has 3 rings (SSSR count). The van der Waals surface area contributed by atoms with Crippen LogP contribution in [0.25, 0.3) is 16.8 Å². The lowest BCUT2D eigenvalue weighted by Gasteiger charge is -2.13. The van der Waals surface area contributed by atoms with E-state index in [4.69, 9.17) is 4.74 Å². The molecule has 1 aromatic carbocycles. The standard InChI is InChI=1S/C19H19N3O3S/c1-4-25-19(24)17(13(3)23)26-16-10-12(2)21-18-15(11-20-22(16)18)14-8-6-5-7-9-14/h5-11,17H,4H2,1-3H3. The highest BCUT2D eigenvalue weighted by molar-refractivity contribution is 8.01. The molecule has 7 heteroatoms. The Morgan fingerprint density at radius 2 is 2.00 bits per heavy atom. The van der Waals surface area contributed by atoms with E-state index < -0.39 is 11.2 Å². The maximum atomic E-state index is 12.1. The molecule has 1 unspecified atom stereocenters. The van der Waals surface area contributed by atoms with Gasteiger partial charge in [0.1, 0.15) is 5.03 Å². The van der Waals surface area contributed by atoms with Gasteiger partial charge in [0.25, 0.3) is 0 Å². The van der Waals surface area contributed by atoms with Gasteiger partial charge in [-0.25, -0.2) is 9.50 Å². The van der Waals surface area contributed by atoms with E-state index >= 15 is 0 Å². The SMILES string of the molecule is CCOC(=O)C(Sc1cc(C)nc2c(-c3ccccc3)cnn12)C(C)=O. The maximum Gasteiger partial charge on any atom is 0.327 e. The zero-order valence-electron chi connectivity index (χ0n) is 14.8. The molecular formula is C19H19N3O3S. The number of rotatable bonds is 6. The molecule has 0 aliphatic rings. The normalized spacial score (nSPS) is 12.1. The van der Waals surface area contributed by atoms with Crippen LogP contribution in [0.1, 0.15) is 19.5 Å². The smallest absolute Gasteiger partial charge is 0.327 e. The summed E-state index contributed by atoms with van der Waals surface area (Å²) in [6.07, 6.45) is 1.74. The summed E-state index contributed by atoms with van der Waals surface area (Å²) in [6.45, 7) is 5.21. The van der Waals surface area contributed by atoms with Crippen molar-refractivity contribution in [3.63, 3.8) is 0 Å². The number of carbonyl (C=O) groups excluding carboxylic acids is 2. The van der Waals surface area contributed by atoms with Gasteiger partial charge in [-0.05, 0) is 32.4 Å². The lowest BCUT2D eigenvalue weighted by Crippen LogP contribution is -2.27. The molecule has 6 nitrogen and oxygen atoms in total. The van der Waals surface area contributed by atoms with Crippen LogP contribution in [0.3, 0.4) is 0 Å². The molecule has 0 saturated heterocycles. The van der Waals surface area contributed by atoms with Crippen molar-refractivity contribution in [2.75, 3.05) is 6.61 Å². The highest BCUT2D eigenvalue weighted by Gasteiger charge is 2.27. The van der Waals surface area contributed by atoms with Gasteiger partial charge in [-0.15, -0.1) is 0 Å². The minimum atomic E-state index is -0.927. The molecule has 3 aromatic rings. The van der Waals surface area contributed by atoms with E-state index in [1.165, 1.54) is 6.92 Å². The number of ether oxygens (including phenoxy) is 1. The summed E-state index contributed by atoms with van der Waals surface area (Å²) in [5.41, 5.74) is 3.37. The summed E-state index contributed by atoms with van der Waals surface area (Å²) in [6, 6.07) is 11.7. The van der Waals surface area contributed by atoms with Crippen molar-refractivity contribution in [2.24, 2.45) is 0 Å². The first-order valence-corrected chi connectivity index (χ1v) is 9.13. The van der Waals surface area contributed by atoms with E-state index in [1.807, 2.05) is 43.3 Å². The third-order valence-electron chi connectivity index (χ3n) is 3.76. The van der Waals surface area contributed by atoms with Gasteiger partial charge in [0.15, 0.2) is 16.7 Å². The summed E-state index contributed by atoms with van der Waals surface area (Å²) in [5.74, 6) is -0.797. The number of aromatic nitrogens is 3. The van der Waals surface area contributed by atoms with Crippen LogP contribution in [-0.4, -0.2) is 38.2 Å². The molecule has 2 heterocycles. The first kappa shape index (κ1) is 18.1. The van der Waals surface area contributed by atoms with Crippen molar-refractivity contribution >= 4 is 29.2 Å². The molecule has 0 aliphatic carbocycles. The molecule has 0 aliphatic heterocycles. The third-order valence-corrected chi connectivity index (χ3v) is 5.05. The summed E-state index contributed by atoms with van der Waals surface area (Å²) in [7, 11) is 0. The summed E-state index contributed by atoms with van der Waals surface area (Å²) in [4.78, 5) is 28.7. The van der Waals surface area contributed by atoms with E-state index in [9.17, 15) is 9.59 Å². The van der Waals surface area contributed by atoms with Crippen LogP contribution in [0, 0.1) is 6.92 Å². The second kappa shape index (κ2) is 7.70. The predicted molar refractivity (Wildman–Crippen MR) is 100 cm³/mol. The lowest BCUT2D eigenvalue weighted by molar-refractivity contribution is -0.144. The number of benzene rings is 1. The Labute approximate surface area is 155 Å². The number of hydrogen-bond donors (Lipinski definition) is 0. The molecule has 0 N–H and O–H groups in total. The lowest BCUT2D eigenvalue weighted by atomic mass is 10.1. The number of thioether (sulfide) groups is 1. The number of esters is 1. The van der Waals surface area contributed by atoms with Crippen molar-refractivity contribution < 1.29 is 14.3 Å². The Balaban J connectivity index is 2.05. The monoisotopic (exact) mass is 369 g/mol. The number of nitrogens with zero attached hydrogens (tertiary/aromatic N) is 3. The molecule has 0 spiro atoms. The number of Topliss-reactive ketones (excluding diaryl/α,β-unsaturated/α-hetero) is 1. The first-order valence-electron chi connectivity index (χ1n) is 8.25. The van der Waals surface area contributed by atoms with Gasteiger partial charge < -0.3 is 4.74 Å². The Morgan fingerprint density at radius 1 is 1.27 bits per heavy atom. The van der Waals surface area contributed by atoms with Gasteiger partial charge >= 0.3 is 5.97 Å². The van der Waals surface area contributed by atoms with Gasteiger partial charge in [-0.3, -0.25) is 9.59 Å². The highest BCUT2D eigenvalue weighted by Crippen LogP contribution is 2.30. The zero-order chi connectivity index (χ0) is 18.7. The molecule has 2 aromatic heterocycles. The van der Waals surface area contributed by atoms with Crippen LogP contribution in [-0.2, 0) is 14.3 Å². The summed E-state index contributed by atoms with van der Waals surface area (Å²) < 4.78 is 6.69. The molecule has 0 saturated carbocycles. The number of aryl methyl sites for hydroxylation is 1. The molecule has 1 atom stereocenters. The second-order valence-corrected chi connectivity index (χ2v) is 6.88. The van der Waals surface area contributed by atoms with Crippen LogP contribution in [0.2, 0.25) is 0 Å². The molecule has 134 valence electrons. The van der Waals surface area contributed by atoms with E-state index in [2.05, 4.69) is 10.1 Å². The third kappa shape index (κ3) is 3.62. The van der Waals surface area contributed by atoms with Gasteiger partial charge in [-0.2, -0.15) is 5.10 Å². The summed E-state index contributed by atoms with van der Waals surface area (Å²) in [5, 5.41) is 4.17. The average Bonchev–Trinajstić information content (AvgIpc) is 3.03. The molecule has 0 fully saturated rings. The predicted octanol–water partition coefficient (Wildman–Crippen LogP) is 3.32. The van der Waals surface area contributed by atoms with Crippen LogP contribution >= 0.6 is 11.8 Å². The fourth-order valence-electron chi connectivity index (χ4n) is 2.59.